The number of carbonyl (C=O) groups is 1. The van der Waals surface area contributed by atoms with E-state index in [2.05, 4.69) is 41.8 Å². The van der Waals surface area contributed by atoms with E-state index in [0.29, 0.717) is 12.0 Å². The Morgan fingerprint density at radius 1 is 1.37 bits per heavy atom. The Kier molecular flexibility index (Phi) is 4.31. The summed E-state index contributed by atoms with van der Waals surface area (Å²) in [5.74, 6) is 0.648. The number of aryl methyl sites for hydroxylation is 1. The van der Waals surface area contributed by atoms with Gasteiger partial charge in [-0.15, -0.1) is 0 Å². The molecule has 1 fully saturated rings. The maximum atomic E-state index is 12.6. The van der Waals surface area contributed by atoms with Gasteiger partial charge >= 0.3 is 0 Å². The van der Waals surface area contributed by atoms with E-state index in [4.69, 9.17) is 0 Å². The van der Waals surface area contributed by atoms with Crippen LogP contribution in [0.3, 0.4) is 0 Å². The van der Waals surface area contributed by atoms with Crippen molar-refractivity contribution in [3.8, 4) is 0 Å². The minimum absolute atomic E-state index is 0.131. The van der Waals surface area contributed by atoms with Crippen LogP contribution < -0.4 is 0 Å². The van der Waals surface area contributed by atoms with Crippen LogP contribution in [-0.4, -0.2) is 48.9 Å². The van der Waals surface area contributed by atoms with Crippen LogP contribution >= 0.6 is 15.9 Å². The summed E-state index contributed by atoms with van der Waals surface area (Å²) in [4.78, 5) is 16.8. The smallest absolute Gasteiger partial charge is 0.255 e. The van der Waals surface area contributed by atoms with E-state index in [1.165, 1.54) is 0 Å². The average molecular weight is 325 g/mol. The second-order valence-electron chi connectivity index (χ2n) is 5.65. The number of carbonyl (C=O) groups excluding carboxylic acids is 1. The molecular weight excluding hydrogens is 304 g/mol. The van der Waals surface area contributed by atoms with Gasteiger partial charge in [0.15, 0.2) is 0 Å². The van der Waals surface area contributed by atoms with E-state index in [0.717, 1.165) is 28.7 Å². The normalized spacial score (nSPS) is 23.2. The molecule has 0 N–H and O–H groups in total. The average Bonchev–Trinajstić information content (AvgIpc) is 2.74. The molecule has 19 heavy (non-hydrogen) atoms. The molecule has 0 bridgehead atoms. The summed E-state index contributed by atoms with van der Waals surface area (Å²) in [6.07, 6.45) is 0. The number of halogens is 1. The molecule has 4 heteroatoms. The zero-order valence-electron chi connectivity index (χ0n) is 12.0. The minimum atomic E-state index is 0.131. The van der Waals surface area contributed by atoms with Crippen LogP contribution in [0.15, 0.2) is 22.7 Å². The second-order valence-corrected chi connectivity index (χ2v) is 6.45. The quantitative estimate of drug-likeness (QED) is 0.835. The molecule has 0 spiro atoms. The highest BCUT2D eigenvalue weighted by atomic mass is 79.9. The summed E-state index contributed by atoms with van der Waals surface area (Å²) in [5, 5.41) is 0. The molecule has 2 unspecified atom stereocenters. The molecule has 1 amide bonds. The third-order valence-electron chi connectivity index (χ3n) is 3.95. The van der Waals surface area contributed by atoms with Crippen LogP contribution in [0.4, 0.5) is 0 Å². The first-order chi connectivity index (χ1) is 8.91. The topological polar surface area (TPSA) is 23.6 Å². The summed E-state index contributed by atoms with van der Waals surface area (Å²) in [5.41, 5.74) is 1.87. The van der Waals surface area contributed by atoms with Gasteiger partial charge in [0.2, 0.25) is 0 Å². The lowest BCUT2D eigenvalue weighted by molar-refractivity contribution is 0.0780. The number of likely N-dealkylation sites (N-methyl/N-ethyl adjacent to an activating group) is 1. The van der Waals surface area contributed by atoms with Crippen LogP contribution in [0.5, 0.6) is 0 Å². The summed E-state index contributed by atoms with van der Waals surface area (Å²) in [6.45, 7) is 5.87. The SMILES string of the molecule is Cc1cccc(C(=O)N2CC(C)C(N(C)C)C2)c1Br. The van der Waals surface area contributed by atoms with Gasteiger partial charge in [-0.3, -0.25) is 4.79 Å². The lowest BCUT2D eigenvalue weighted by Gasteiger charge is -2.22. The highest BCUT2D eigenvalue weighted by Gasteiger charge is 2.34. The van der Waals surface area contributed by atoms with Crippen molar-refractivity contribution in [2.75, 3.05) is 27.2 Å². The fourth-order valence-electron chi connectivity index (χ4n) is 2.77. The van der Waals surface area contributed by atoms with Crippen LogP contribution in [0, 0.1) is 12.8 Å². The number of benzene rings is 1. The van der Waals surface area contributed by atoms with Gasteiger partial charge in [-0.2, -0.15) is 0 Å². The molecule has 1 saturated heterocycles. The molecule has 0 saturated carbocycles. The van der Waals surface area contributed by atoms with Gasteiger partial charge in [0, 0.05) is 23.6 Å². The van der Waals surface area contributed by atoms with E-state index >= 15 is 0 Å². The fraction of sp³-hybridized carbons (Fsp3) is 0.533. The Bertz CT molecular complexity index is 487. The van der Waals surface area contributed by atoms with Crippen molar-refractivity contribution in [3.63, 3.8) is 0 Å². The summed E-state index contributed by atoms with van der Waals surface area (Å²) < 4.78 is 0.918. The fourth-order valence-corrected chi connectivity index (χ4v) is 3.20. The third-order valence-corrected chi connectivity index (χ3v) is 5.00. The molecule has 3 nitrogen and oxygen atoms in total. The van der Waals surface area contributed by atoms with Crippen molar-refractivity contribution >= 4 is 21.8 Å². The first-order valence-corrected chi connectivity index (χ1v) is 7.42. The second kappa shape index (κ2) is 5.63. The van der Waals surface area contributed by atoms with E-state index < -0.39 is 0 Å². The van der Waals surface area contributed by atoms with Gasteiger partial charge < -0.3 is 9.80 Å². The van der Waals surface area contributed by atoms with Crippen molar-refractivity contribution in [2.24, 2.45) is 5.92 Å². The summed E-state index contributed by atoms with van der Waals surface area (Å²) >= 11 is 3.53. The molecule has 1 aliphatic heterocycles. The molecular formula is C15H21BrN2O. The Balaban J connectivity index is 2.20. The van der Waals surface area contributed by atoms with E-state index in [1.54, 1.807) is 0 Å². The molecule has 1 aromatic carbocycles. The van der Waals surface area contributed by atoms with Crippen LogP contribution in [0.25, 0.3) is 0 Å². The lowest BCUT2D eigenvalue weighted by Crippen LogP contribution is -2.35. The highest BCUT2D eigenvalue weighted by molar-refractivity contribution is 9.10. The van der Waals surface area contributed by atoms with Gasteiger partial charge in [0.1, 0.15) is 0 Å². The first-order valence-electron chi connectivity index (χ1n) is 6.62. The highest BCUT2D eigenvalue weighted by Crippen LogP contribution is 2.26. The Labute approximate surface area is 123 Å². The van der Waals surface area contributed by atoms with Crippen molar-refractivity contribution in [3.05, 3.63) is 33.8 Å². The number of nitrogens with zero attached hydrogens (tertiary/aromatic N) is 2. The maximum Gasteiger partial charge on any atom is 0.255 e. The van der Waals surface area contributed by atoms with Crippen molar-refractivity contribution in [2.45, 2.75) is 19.9 Å². The Hall–Kier alpha value is -0.870. The lowest BCUT2D eigenvalue weighted by atomic mass is 10.1. The monoisotopic (exact) mass is 324 g/mol. The van der Waals surface area contributed by atoms with Crippen LogP contribution in [0.1, 0.15) is 22.8 Å². The van der Waals surface area contributed by atoms with E-state index in [1.807, 2.05) is 30.0 Å². The third kappa shape index (κ3) is 2.84. The number of amides is 1. The molecule has 0 radical (unpaired) electrons. The molecule has 2 rings (SSSR count). The largest absolute Gasteiger partial charge is 0.337 e. The maximum absolute atomic E-state index is 12.6. The van der Waals surface area contributed by atoms with Gasteiger partial charge in [-0.05, 0) is 54.5 Å². The van der Waals surface area contributed by atoms with Crippen molar-refractivity contribution in [1.82, 2.24) is 9.80 Å². The number of likely N-dealkylation sites (tertiary alicyclic amines) is 1. The van der Waals surface area contributed by atoms with Crippen LogP contribution in [-0.2, 0) is 0 Å². The molecule has 1 aromatic rings. The summed E-state index contributed by atoms with van der Waals surface area (Å²) in [6, 6.07) is 6.30. The molecule has 0 aliphatic carbocycles. The number of hydrogen-bond donors (Lipinski definition) is 0. The van der Waals surface area contributed by atoms with Gasteiger partial charge in [-0.25, -0.2) is 0 Å². The van der Waals surface area contributed by atoms with E-state index in [9.17, 15) is 4.79 Å². The number of rotatable bonds is 2. The molecule has 2 atom stereocenters. The van der Waals surface area contributed by atoms with Crippen LogP contribution in [0.2, 0.25) is 0 Å². The molecule has 1 aliphatic rings. The molecule has 0 aromatic heterocycles. The molecule has 104 valence electrons. The number of hydrogen-bond acceptors (Lipinski definition) is 2. The predicted octanol–water partition coefficient (Wildman–Crippen LogP) is 2.78. The predicted molar refractivity (Wildman–Crippen MR) is 81.4 cm³/mol. The van der Waals surface area contributed by atoms with Gasteiger partial charge in [0.05, 0.1) is 5.56 Å². The Morgan fingerprint density at radius 2 is 2.05 bits per heavy atom. The molecule has 1 heterocycles. The van der Waals surface area contributed by atoms with Crippen molar-refractivity contribution < 1.29 is 4.79 Å². The van der Waals surface area contributed by atoms with Crippen molar-refractivity contribution in [1.29, 1.82) is 0 Å². The zero-order chi connectivity index (χ0) is 14.2. The summed E-state index contributed by atoms with van der Waals surface area (Å²) in [7, 11) is 4.16. The van der Waals surface area contributed by atoms with Gasteiger partial charge in [-0.1, -0.05) is 19.1 Å². The Morgan fingerprint density at radius 3 is 2.63 bits per heavy atom. The zero-order valence-corrected chi connectivity index (χ0v) is 13.6. The minimum Gasteiger partial charge on any atom is -0.337 e. The standard InChI is InChI=1S/C15H21BrN2O/c1-10-6-5-7-12(14(10)16)15(19)18-8-11(2)13(9-18)17(3)4/h5-7,11,13H,8-9H2,1-4H3. The van der Waals surface area contributed by atoms with Gasteiger partial charge in [0.25, 0.3) is 5.91 Å². The van der Waals surface area contributed by atoms with E-state index in [-0.39, 0.29) is 5.91 Å². The first kappa shape index (κ1) is 14.5.